The average Bonchev–Trinajstić information content (AvgIpc) is 2.40. The second kappa shape index (κ2) is 2.77. The van der Waals surface area contributed by atoms with Crippen LogP contribution in [-0.4, -0.2) is 8.32 Å². The first kappa shape index (κ1) is 8.63. The number of allylic oxidation sites excluding steroid dienone is 3. The lowest BCUT2D eigenvalue weighted by atomic mass is 10.2. The standard InChI is InChI=1S/C10H14O2Si/c1-13(2,3)12-10-7-8-5-4-6-9(8)11-10/h4-8H,1-3H3. The smallest absolute Gasteiger partial charge is 0.267 e. The Labute approximate surface area is 79.7 Å². The predicted molar refractivity (Wildman–Crippen MR) is 54.3 cm³/mol. The summed E-state index contributed by atoms with van der Waals surface area (Å²) in [5.41, 5.74) is 0. The molecule has 0 aromatic carbocycles. The number of fused-ring (bicyclic) bond motifs is 1. The van der Waals surface area contributed by atoms with Crippen molar-refractivity contribution < 1.29 is 9.16 Å². The quantitative estimate of drug-likeness (QED) is 0.629. The molecule has 0 aromatic rings. The van der Waals surface area contributed by atoms with E-state index in [0.29, 0.717) is 11.9 Å². The van der Waals surface area contributed by atoms with Crippen molar-refractivity contribution in [1.29, 1.82) is 0 Å². The highest BCUT2D eigenvalue weighted by Crippen LogP contribution is 2.33. The zero-order valence-electron chi connectivity index (χ0n) is 8.20. The molecule has 1 aliphatic heterocycles. The third-order valence-corrected chi connectivity index (χ3v) is 2.66. The Balaban J connectivity index is 2.05. The van der Waals surface area contributed by atoms with Gasteiger partial charge in [-0.3, -0.25) is 0 Å². The van der Waals surface area contributed by atoms with E-state index in [2.05, 4.69) is 25.7 Å². The van der Waals surface area contributed by atoms with Crippen molar-refractivity contribution in [2.24, 2.45) is 5.92 Å². The van der Waals surface area contributed by atoms with Crippen LogP contribution < -0.4 is 0 Å². The third-order valence-electron chi connectivity index (χ3n) is 1.85. The first-order chi connectivity index (χ1) is 6.04. The van der Waals surface area contributed by atoms with E-state index < -0.39 is 8.32 Å². The van der Waals surface area contributed by atoms with Gasteiger partial charge < -0.3 is 9.16 Å². The van der Waals surface area contributed by atoms with Crippen LogP contribution in [0, 0.1) is 5.92 Å². The van der Waals surface area contributed by atoms with Gasteiger partial charge in [-0.2, -0.15) is 0 Å². The minimum Gasteiger partial charge on any atom is -0.520 e. The van der Waals surface area contributed by atoms with Gasteiger partial charge in [-0.25, -0.2) is 0 Å². The van der Waals surface area contributed by atoms with Gasteiger partial charge in [0.25, 0.3) is 5.95 Å². The lowest BCUT2D eigenvalue weighted by Gasteiger charge is -2.18. The van der Waals surface area contributed by atoms with E-state index in [1.54, 1.807) is 0 Å². The van der Waals surface area contributed by atoms with Crippen molar-refractivity contribution in [1.82, 2.24) is 0 Å². The summed E-state index contributed by atoms with van der Waals surface area (Å²) in [5.74, 6) is 2.01. The molecule has 1 atom stereocenters. The van der Waals surface area contributed by atoms with Crippen molar-refractivity contribution in [2.75, 3.05) is 0 Å². The fourth-order valence-corrected chi connectivity index (χ4v) is 2.08. The molecule has 0 fully saturated rings. The summed E-state index contributed by atoms with van der Waals surface area (Å²) in [7, 11) is -1.51. The number of rotatable bonds is 2. The number of ether oxygens (including phenoxy) is 1. The molecule has 2 rings (SSSR count). The van der Waals surface area contributed by atoms with Gasteiger partial charge in [0.05, 0.1) is 5.92 Å². The van der Waals surface area contributed by atoms with Crippen LogP contribution in [0.2, 0.25) is 19.6 Å². The first-order valence-corrected chi connectivity index (χ1v) is 7.92. The lowest BCUT2D eigenvalue weighted by molar-refractivity contribution is 0.170. The van der Waals surface area contributed by atoms with Crippen molar-refractivity contribution >= 4 is 8.32 Å². The molecule has 0 saturated heterocycles. The molecule has 13 heavy (non-hydrogen) atoms. The van der Waals surface area contributed by atoms with Crippen LogP contribution in [0.3, 0.4) is 0 Å². The molecule has 2 aliphatic rings. The maximum atomic E-state index is 5.74. The van der Waals surface area contributed by atoms with Crippen LogP contribution in [0.5, 0.6) is 0 Å². The van der Waals surface area contributed by atoms with Gasteiger partial charge in [-0.1, -0.05) is 12.2 Å². The van der Waals surface area contributed by atoms with E-state index in [1.165, 1.54) is 0 Å². The van der Waals surface area contributed by atoms with Crippen molar-refractivity contribution in [2.45, 2.75) is 19.6 Å². The Morgan fingerprint density at radius 2 is 2.15 bits per heavy atom. The summed E-state index contributed by atoms with van der Waals surface area (Å²) in [4.78, 5) is 0. The summed E-state index contributed by atoms with van der Waals surface area (Å²) in [6.07, 6.45) is 8.15. The van der Waals surface area contributed by atoms with E-state index in [0.717, 1.165) is 5.76 Å². The third kappa shape index (κ3) is 1.86. The maximum absolute atomic E-state index is 5.74. The summed E-state index contributed by atoms with van der Waals surface area (Å²) in [6.45, 7) is 6.44. The van der Waals surface area contributed by atoms with Crippen LogP contribution in [-0.2, 0) is 9.16 Å². The van der Waals surface area contributed by atoms with Crippen molar-refractivity contribution in [3.05, 3.63) is 36.0 Å². The van der Waals surface area contributed by atoms with E-state index in [1.807, 2.05) is 18.2 Å². The molecular weight excluding hydrogens is 180 g/mol. The minimum atomic E-state index is -1.51. The maximum Gasteiger partial charge on any atom is 0.267 e. The molecule has 0 aromatic heterocycles. The normalized spacial score (nSPS) is 25.0. The monoisotopic (exact) mass is 194 g/mol. The van der Waals surface area contributed by atoms with E-state index in [-0.39, 0.29) is 0 Å². The molecule has 2 nitrogen and oxygen atoms in total. The second-order valence-electron chi connectivity index (χ2n) is 4.28. The van der Waals surface area contributed by atoms with Crippen LogP contribution >= 0.6 is 0 Å². The predicted octanol–water partition coefficient (Wildman–Crippen LogP) is 2.78. The molecule has 0 saturated carbocycles. The zero-order valence-corrected chi connectivity index (χ0v) is 9.20. The topological polar surface area (TPSA) is 18.5 Å². The Morgan fingerprint density at radius 1 is 1.38 bits per heavy atom. The van der Waals surface area contributed by atoms with Gasteiger partial charge in [0.1, 0.15) is 5.76 Å². The fraction of sp³-hybridized carbons (Fsp3) is 0.400. The summed E-state index contributed by atoms with van der Waals surface area (Å²) in [6, 6.07) is 0. The van der Waals surface area contributed by atoms with Crippen molar-refractivity contribution in [3.63, 3.8) is 0 Å². The first-order valence-electron chi connectivity index (χ1n) is 4.52. The van der Waals surface area contributed by atoms with Gasteiger partial charge >= 0.3 is 0 Å². The highest BCUT2D eigenvalue weighted by molar-refractivity contribution is 6.70. The molecule has 0 radical (unpaired) electrons. The minimum absolute atomic E-state index is 0.325. The van der Waals surface area contributed by atoms with E-state index >= 15 is 0 Å². The van der Waals surface area contributed by atoms with Crippen LogP contribution in [0.25, 0.3) is 0 Å². The fourth-order valence-electron chi connectivity index (χ4n) is 1.37. The highest BCUT2D eigenvalue weighted by atomic mass is 28.4. The van der Waals surface area contributed by atoms with Gasteiger partial charge in [0, 0.05) is 6.08 Å². The molecule has 0 N–H and O–H groups in total. The van der Waals surface area contributed by atoms with Crippen LogP contribution in [0.4, 0.5) is 0 Å². The Kier molecular flexibility index (Phi) is 1.84. The average molecular weight is 194 g/mol. The molecule has 0 amide bonds. The van der Waals surface area contributed by atoms with E-state index in [9.17, 15) is 0 Å². The SMILES string of the molecule is C[Si](C)(C)OC1=CC2C=CC=C2O1. The summed E-state index contributed by atoms with van der Waals surface area (Å²) in [5, 5.41) is 0. The van der Waals surface area contributed by atoms with Gasteiger partial charge in [0.2, 0.25) is 8.32 Å². The Morgan fingerprint density at radius 3 is 2.77 bits per heavy atom. The van der Waals surface area contributed by atoms with Gasteiger partial charge in [-0.15, -0.1) is 0 Å². The number of hydrogen-bond acceptors (Lipinski definition) is 2. The van der Waals surface area contributed by atoms with Crippen LogP contribution in [0.1, 0.15) is 0 Å². The molecule has 3 heteroatoms. The van der Waals surface area contributed by atoms with Gasteiger partial charge in [-0.05, 0) is 25.7 Å². The zero-order chi connectivity index (χ0) is 9.47. The lowest BCUT2D eigenvalue weighted by Crippen LogP contribution is -2.24. The largest absolute Gasteiger partial charge is 0.520 e. The molecule has 1 aliphatic carbocycles. The molecule has 70 valence electrons. The summed E-state index contributed by atoms with van der Waals surface area (Å²) < 4.78 is 11.3. The molecule has 0 bridgehead atoms. The Bertz CT molecular complexity index is 307. The summed E-state index contributed by atoms with van der Waals surface area (Å²) >= 11 is 0. The molecular formula is C10H14O2Si. The highest BCUT2D eigenvalue weighted by Gasteiger charge is 2.28. The van der Waals surface area contributed by atoms with Crippen molar-refractivity contribution in [3.8, 4) is 0 Å². The second-order valence-corrected chi connectivity index (χ2v) is 8.71. The Hall–Kier alpha value is -0.963. The number of hydrogen-bond donors (Lipinski definition) is 0. The molecule has 1 unspecified atom stereocenters. The molecule has 0 spiro atoms. The van der Waals surface area contributed by atoms with Crippen LogP contribution in [0.15, 0.2) is 36.0 Å². The molecule has 1 heterocycles. The van der Waals surface area contributed by atoms with Gasteiger partial charge in [0.15, 0.2) is 0 Å². The van der Waals surface area contributed by atoms with E-state index in [4.69, 9.17) is 9.16 Å².